The van der Waals surface area contributed by atoms with Crippen LogP contribution in [0, 0.1) is 36.4 Å². The largest absolute Gasteiger partial charge is 2.00 e. The SMILES string of the molecule is [Pt+2].[Pt+2].[Pt+2].[c-]1c(-c2ccccn2)cc(-c2cccs2)cc1-n1c2[c-]c(-c3nc4ccc(-c5cccs5)cc4s3)ccc2c2ccccc21.[c-]1c(-c2ccccn2)cccc1-n1c2[c-]c(-c3nc4ccccc4s3)ccc2c2c(-c3ccsc3)cccc21.[c-]1c(-c2ccccn2)cccc1-n1c2[c-]c(-c3nc4ccccc4s3)ccc2c2cc(-c3ccsc3)ccc21. The first-order valence-corrected chi connectivity index (χ1v) is 45.6. The molecule has 0 amide bonds. The number of hydrogen-bond donors (Lipinski definition) is 0. The molecule has 25 rings (SSSR count). The van der Waals surface area contributed by atoms with Crippen LogP contribution in [0.5, 0.6) is 0 Å². The summed E-state index contributed by atoms with van der Waals surface area (Å²) >= 11 is 12.1. The van der Waals surface area contributed by atoms with E-state index in [0.29, 0.717) is 0 Å². The van der Waals surface area contributed by atoms with Crippen LogP contribution >= 0.6 is 79.4 Å². The van der Waals surface area contributed by atoms with E-state index >= 15 is 0 Å². The van der Waals surface area contributed by atoms with Crippen molar-refractivity contribution in [2.45, 2.75) is 0 Å². The number of fused-ring (bicyclic) bond motifs is 12. The fourth-order valence-corrected chi connectivity index (χ4v) is 21.9. The maximum Gasteiger partial charge on any atom is 2.00 e. The second-order valence-corrected chi connectivity index (χ2v) is 35.8. The summed E-state index contributed by atoms with van der Waals surface area (Å²) in [4.78, 5) is 31.1. The van der Waals surface area contributed by atoms with Crippen molar-refractivity contribution >= 4 is 175 Å². The van der Waals surface area contributed by atoms with Gasteiger partial charge in [-0.25, -0.2) is 0 Å². The minimum atomic E-state index is 0. The summed E-state index contributed by atoms with van der Waals surface area (Å²) in [6.07, 6.45) is 5.48. The van der Waals surface area contributed by atoms with E-state index in [4.69, 9.17) is 15.0 Å². The Balaban J connectivity index is 0.000000117. The van der Waals surface area contributed by atoms with Crippen LogP contribution in [0.15, 0.2) is 354 Å². The normalized spacial score (nSPS) is 11.3. The van der Waals surface area contributed by atoms with Gasteiger partial charge in [-0.1, -0.05) is 143 Å². The Bertz CT molecular complexity index is 8150. The molecule has 12 aromatic carbocycles. The number of para-hydroxylation sites is 3. The molecule has 13 aromatic heterocycles. The number of thiazole rings is 3. The zero-order chi connectivity index (χ0) is 80.6. The van der Waals surface area contributed by atoms with E-state index in [2.05, 4.69) is 334 Å². The molecule has 9 nitrogen and oxygen atoms in total. The number of benzene rings is 12. The molecule has 25 aromatic rings. The van der Waals surface area contributed by atoms with Gasteiger partial charge in [-0.2, -0.15) is 56.7 Å². The molecule has 0 aliphatic heterocycles. The van der Waals surface area contributed by atoms with Gasteiger partial charge in [0.2, 0.25) is 0 Å². The van der Waals surface area contributed by atoms with Gasteiger partial charge in [-0.3, -0.25) is 15.0 Å². The molecule has 0 aliphatic rings. The summed E-state index contributed by atoms with van der Waals surface area (Å²) in [5, 5.41) is 22.9. The number of hydrogen-bond acceptors (Lipinski definition) is 13. The predicted molar refractivity (Wildman–Crippen MR) is 514 cm³/mol. The Labute approximate surface area is 790 Å². The fourth-order valence-electron chi connectivity index (χ4n) is 16.3. The average molecular weight is 2270 g/mol. The maximum atomic E-state index is 5.04. The molecule has 0 bridgehead atoms. The van der Waals surface area contributed by atoms with Crippen LogP contribution in [0.25, 0.3) is 222 Å². The Morgan fingerprint density at radius 1 is 0.264 bits per heavy atom. The van der Waals surface area contributed by atoms with Crippen molar-refractivity contribution in [3.8, 4) is 126 Å². The monoisotopic (exact) mass is 2270 g/mol. The van der Waals surface area contributed by atoms with Crippen LogP contribution in [-0.4, -0.2) is 43.6 Å². The van der Waals surface area contributed by atoms with Crippen molar-refractivity contribution in [2.24, 2.45) is 0 Å². The molecule has 0 saturated carbocycles. The number of nitrogens with zero attached hydrogens (tertiary/aromatic N) is 9. The van der Waals surface area contributed by atoms with Crippen LogP contribution < -0.4 is 0 Å². The third-order valence-corrected chi connectivity index (χ3v) is 28.3. The molecule has 0 N–H and O–H groups in total. The molecular formula is C106H59N9Pt3S7. The molecule has 0 unspecified atom stereocenters. The summed E-state index contributed by atoms with van der Waals surface area (Å²) in [5.74, 6) is 0. The summed E-state index contributed by atoms with van der Waals surface area (Å²) in [6, 6.07) is 128. The molecule has 0 fully saturated rings. The zero-order valence-electron chi connectivity index (χ0n) is 65.4. The molecule has 125 heavy (non-hydrogen) atoms. The third-order valence-electron chi connectivity index (χ3n) is 21.9. The van der Waals surface area contributed by atoms with Crippen molar-refractivity contribution < 1.29 is 63.2 Å². The molecule has 0 aliphatic carbocycles. The van der Waals surface area contributed by atoms with Gasteiger partial charge < -0.3 is 28.7 Å². The van der Waals surface area contributed by atoms with Gasteiger partial charge >= 0.3 is 63.2 Å². The minimum Gasteiger partial charge on any atom is -0.346 e. The van der Waals surface area contributed by atoms with Crippen molar-refractivity contribution in [2.75, 3.05) is 0 Å². The second-order valence-electron chi connectivity index (χ2n) is 29.2. The van der Waals surface area contributed by atoms with Crippen molar-refractivity contribution in [3.05, 3.63) is 391 Å². The standard InChI is InChI=1S/C38H21N3S3.2C34H19N3S2.3Pt/c1-2-9-33-29(7-1)30-14-12-25(38-40-32-15-13-24(23-37(32)44-38)35-10-5-17-42-35)22-34(30)41(33)28-20-26(31-8-3-4-16-39-31)19-27(21-28)36-11-6-18-43-36;1-2-13-32-29(11-1)36-34(39-32)23-14-15-27-31(20-23)37(25-8-5-7-22(19-25)28-10-3-4-17-35-28)30-12-6-9-26(33(27)30)24-16-18-38-21-24;1-2-10-33-30(9-1)36-34(39-33)24-11-13-27-28-19-22(25-15-17-38-21-25)12-14-31(28)37(32(27)20-24)26-7-5-6-23(18-26)29-8-3-4-16-35-29;;;/h1-19,21,23H;1-18,21H;1-17,19,21H;;;/q3*-2;3*+2. The summed E-state index contributed by atoms with van der Waals surface area (Å²) in [6.45, 7) is 0. The molecule has 600 valence electrons. The maximum absolute atomic E-state index is 5.04. The van der Waals surface area contributed by atoms with Gasteiger partial charge in [0.15, 0.2) is 0 Å². The first-order valence-electron chi connectivity index (χ1n) is 39.5. The second kappa shape index (κ2) is 35.2. The first kappa shape index (κ1) is 81.4. The minimum absolute atomic E-state index is 0. The Morgan fingerprint density at radius 2 is 0.744 bits per heavy atom. The Morgan fingerprint density at radius 3 is 1.32 bits per heavy atom. The first-order chi connectivity index (χ1) is 60.4. The third kappa shape index (κ3) is 15.5. The molecule has 0 saturated heterocycles. The molecule has 0 spiro atoms. The number of thiophene rings is 4. The summed E-state index contributed by atoms with van der Waals surface area (Å²) in [5.41, 5.74) is 28.1. The quantitative estimate of drug-likeness (QED) is 0.107. The summed E-state index contributed by atoms with van der Waals surface area (Å²) < 4.78 is 10.4. The van der Waals surface area contributed by atoms with E-state index in [-0.39, 0.29) is 63.2 Å². The van der Waals surface area contributed by atoms with Crippen LogP contribution in [0.1, 0.15) is 0 Å². The average Bonchev–Trinajstić information content (AvgIpc) is 1.71. The van der Waals surface area contributed by atoms with Crippen LogP contribution in [-0.2, 0) is 63.2 Å². The van der Waals surface area contributed by atoms with Crippen LogP contribution in [0.2, 0.25) is 0 Å². The summed E-state index contributed by atoms with van der Waals surface area (Å²) in [7, 11) is 0. The fraction of sp³-hybridized carbons (Fsp3) is 0. The molecule has 0 radical (unpaired) electrons. The number of rotatable bonds is 13. The van der Waals surface area contributed by atoms with E-state index in [9.17, 15) is 0 Å². The van der Waals surface area contributed by atoms with Crippen LogP contribution in [0.4, 0.5) is 0 Å². The van der Waals surface area contributed by atoms with E-state index < -0.39 is 0 Å². The van der Waals surface area contributed by atoms with E-state index in [0.717, 1.165) is 154 Å². The Kier molecular flexibility index (Phi) is 22.9. The van der Waals surface area contributed by atoms with Crippen LogP contribution in [0.3, 0.4) is 0 Å². The Hall–Kier alpha value is -12.0. The molecule has 13 heterocycles. The number of pyridine rings is 3. The van der Waals surface area contributed by atoms with Crippen molar-refractivity contribution in [1.29, 1.82) is 0 Å². The zero-order valence-corrected chi connectivity index (χ0v) is 77.9. The van der Waals surface area contributed by atoms with Gasteiger partial charge in [0, 0.05) is 74.0 Å². The molecule has 19 heteroatoms. The van der Waals surface area contributed by atoms with Crippen molar-refractivity contribution in [1.82, 2.24) is 43.6 Å². The predicted octanol–water partition coefficient (Wildman–Crippen LogP) is 30.1. The smallest absolute Gasteiger partial charge is 0.346 e. The topological polar surface area (TPSA) is 92.1 Å². The van der Waals surface area contributed by atoms with E-state index in [1.165, 1.54) is 67.8 Å². The van der Waals surface area contributed by atoms with Gasteiger partial charge in [0.1, 0.15) is 0 Å². The van der Waals surface area contributed by atoms with Gasteiger partial charge in [0.05, 0.1) is 16.6 Å². The van der Waals surface area contributed by atoms with Gasteiger partial charge in [-0.15, -0.1) is 177 Å². The number of aromatic nitrogens is 9. The molecular weight excluding hydrogens is 2210 g/mol. The van der Waals surface area contributed by atoms with Crippen molar-refractivity contribution in [3.63, 3.8) is 0 Å². The van der Waals surface area contributed by atoms with Gasteiger partial charge in [0.25, 0.3) is 0 Å². The molecule has 0 atom stereocenters. The van der Waals surface area contributed by atoms with E-state index in [1.807, 2.05) is 85.3 Å². The van der Waals surface area contributed by atoms with E-state index in [1.54, 1.807) is 79.4 Å². The van der Waals surface area contributed by atoms with Gasteiger partial charge in [-0.05, 0) is 224 Å².